The number of nitrogens with one attached hydrogen (secondary N) is 1. The number of hydrogen-bond donors (Lipinski definition) is 1. The van der Waals surface area contributed by atoms with Crippen LogP contribution in [0.2, 0.25) is 0 Å². The number of piperidine rings is 1. The van der Waals surface area contributed by atoms with Crippen molar-refractivity contribution in [3.63, 3.8) is 0 Å². The summed E-state index contributed by atoms with van der Waals surface area (Å²) in [7, 11) is 0. The van der Waals surface area contributed by atoms with E-state index in [0.29, 0.717) is 37.9 Å². The lowest BCUT2D eigenvalue weighted by atomic mass is 10.1. The molecule has 1 atom stereocenters. The second-order valence-electron chi connectivity index (χ2n) is 7.89. The molecule has 7 nitrogen and oxygen atoms in total. The SMILES string of the molecule is CC[C@H](NC(=O)OC(C)(C)C)C(=O)N1CCC(Oc2ccc(C#N)cc2)CC1. The minimum Gasteiger partial charge on any atom is -0.490 e. The second-order valence-corrected chi connectivity index (χ2v) is 7.89. The van der Waals surface area contributed by atoms with Gasteiger partial charge in [-0.2, -0.15) is 5.26 Å². The van der Waals surface area contributed by atoms with Gasteiger partial charge in [-0.15, -0.1) is 0 Å². The fraction of sp³-hybridized carbons (Fsp3) is 0.571. The Labute approximate surface area is 166 Å². The van der Waals surface area contributed by atoms with Gasteiger partial charge in [0.25, 0.3) is 0 Å². The van der Waals surface area contributed by atoms with Crippen LogP contribution in [0, 0.1) is 11.3 Å². The third-order valence-electron chi connectivity index (χ3n) is 4.44. The number of alkyl carbamates (subject to hydrolysis) is 1. The Morgan fingerprint density at radius 3 is 2.36 bits per heavy atom. The summed E-state index contributed by atoms with van der Waals surface area (Å²) in [6, 6.07) is 8.51. The van der Waals surface area contributed by atoms with E-state index in [-0.39, 0.29) is 12.0 Å². The Morgan fingerprint density at radius 2 is 1.86 bits per heavy atom. The molecule has 1 saturated heterocycles. The van der Waals surface area contributed by atoms with Crippen molar-refractivity contribution in [2.45, 2.75) is 64.7 Å². The molecule has 1 N–H and O–H groups in total. The van der Waals surface area contributed by atoms with Gasteiger partial charge in [-0.05, 0) is 51.5 Å². The average molecular weight is 387 g/mol. The normalized spacial score (nSPS) is 16.0. The van der Waals surface area contributed by atoms with E-state index in [2.05, 4.69) is 11.4 Å². The van der Waals surface area contributed by atoms with Gasteiger partial charge in [0.05, 0.1) is 11.6 Å². The summed E-state index contributed by atoms with van der Waals surface area (Å²) in [6.07, 6.45) is 1.38. The van der Waals surface area contributed by atoms with Crippen molar-refractivity contribution in [3.8, 4) is 11.8 Å². The van der Waals surface area contributed by atoms with Crippen molar-refractivity contribution in [2.24, 2.45) is 0 Å². The Bertz CT molecular complexity index is 711. The van der Waals surface area contributed by atoms with Crippen LogP contribution in [0.4, 0.5) is 4.79 Å². The first-order chi connectivity index (χ1) is 13.2. The molecular weight excluding hydrogens is 358 g/mol. The zero-order chi connectivity index (χ0) is 20.7. The number of rotatable bonds is 5. The summed E-state index contributed by atoms with van der Waals surface area (Å²) < 4.78 is 11.2. The summed E-state index contributed by atoms with van der Waals surface area (Å²) in [6.45, 7) is 8.37. The highest BCUT2D eigenvalue weighted by molar-refractivity contribution is 5.85. The summed E-state index contributed by atoms with van der Waals surface area (Å²) in [5.41, 5.74) is -0.0112. The van der Waals surface area contributed by atoms with Gasteiger partial charge >= 0.3 is 6.09 Å². The highest BCUT2D eigenvalue weighted by Crippen LogP contribution is 2.20. The number of ether oxygens (including phenoxy) is 2. The minimum atomic E-state index is -0.605. The highest BCUT2D eigenvalue weighted by atomic mass is 16.6. The molecule has 1 heterocycles. The molecule has 1 fully saturated rings. The van der Waals surface area contributed by atoms with Crippen LogP contribution in [0.3, 0.4) is 0 Å². The number of carbonyl (C=O) groups is 2. The van der Waals surface area contributed by atoms with E-state index in [4.69, 9.17) is 14.7 Å². The monoisotopic (exact) mass is 387 g/mol. The molecule has 7 heteroatoms. The van der Waals surface area contributed by atoms with Gasteiger partial charge in [-0.3, -0.25) is 4.79 Å². The van der Waals surface area contributed by atoms with Crippen LogP contribution in [-0.2, 0) is 9.53 Å². The quantitative estimate of drug-likeness (QED) is 0.837. The van der Waals surface area contributed by atoms with Crippen LogP contribution in [0.25, 0.3) is 0 Å². The lowest BCUT2D eigenvalue weighted by molar-refractivity contribution is -0.135. The molecule has 152 valence electrons. The zero-order valence-corrected chi connectivity index (χ0v) is 17.0. The van der Waals surface area contributed by atoms with Gasteiger partial charge in [0.15, 0.2) is 0 Å². The minimum absolute atomic E-state index is 0.0240. The number of amides is 2. The van der Waals surface area contributed by atoms with E-state index in [1.165, 1.54) is 0 Å². The molecule has 28 heavy (non-hydrogen) atoms. The Morgan fingerprint density at radius 1 is 1.25 bits per heavy atom. The first kappa shape index (κ1) is 21.5. The van der Waals surface area contributed by atoms with Crippen LogP contribution in [0.15, 0.2) is 24.3 Å². The van der Waals surface area contributed by atoms with Crippen molar-refractivity contribution < 1.29 is 19.1 Å². The smallest absolute Gasteiger partial charge is 0.408 e. The lowest BCUT2D eigenvalue weighted by Crippen LogP contribution is -2.52. The fourth-order valence-electron chi connectivity index (χ4n) is 3.00. The van der Waals surface area contributed by atoms with Gasteiger partial charge in [-0.25, -0.2) is 4.79 Å². The van der Waals surface area contributed by atoms with Crippen molar-refractivity contribution in [1.29, 1.82) is 5.26 Å². The molecule has 0 bridgehead atoms. The van der Waals surface area contributed by atoms with Crippen molar-refractivity contribution >= 4 is 12.0 Å². The van der Waals surface area contributed by atoms with E-state index >= 15 is 0 Å². The van der Waals surface area contributed by atoms with Crippen LogP contribution < -0.4 is 10.1 Å². The topological polar surface area (TPSA) is 91.7 Å². The third kappa shape index (κ3) is 6.45. The molecule has 2 amide bonds. The second kappa shape index (κ2) is 9.45. The molecule has 0 unspecified atom stereocenters. The first-order valence-corrected chi connectivity index (χ1v) is 9.67. The highest BCUT2D eigenvalue weighted by Gasteiger charge is 2.30. The van der Waals surface area contributed by atoms with Gasteiger partial charge in [0, 0.05) is 25.9 Å². The van der Waals surface area contributed by atoms with Gasteiger partial charge in [-0.1, -0.05) is 6.92 Å². The van der Waals surface area contributed by atoms with Gasteiger partial charge in [0.2, 0.25) is 5.91 Å². The molecule has 1 aliphatic rings. The molecule has 2 rings (SSSR count). The first-order valence-electron chi connectivity index (χ1n) is 9.67. The van der Waals surface area contributed by atoms with E-state index in [1.807, 2.05) is 6.92 Å². The van der Waals surface area contributed by atoms with Crippen molar-refractivity contribution in [2.75, 3.05) is 13.1 Å². The van der Waals surface area contributed by atoms with E-state index < -0.39 is 17.7 Å². The van der Waals surface area contributed by atoms with E-state index in [0.717, 1.165) is 5.75 Å². The van der Waals surface area contributed by atoms with Gasteiger partial charge in [0.1, 0.15) is 23.5 Å². The molecule has 1 aromatic carbocycles. The summed E-state index contributed by atoms with van der Waals surface area (Å²) in [5.74, 6) is 0.631. The molecule has 1 aromatic rings. The molecular formula is C21H29N3O4. The summed E-state index contributed by atoms with van der Waals surface area (Å²) in [5, 5.41) is 11.5. The molecule has 1 aliphatic heterocycles. The largest absolute Gasteiger partial charge is 0.490 e. The Hall–Kier alpha value is -2.75. The third-order valence-corrected chi connectivity index (χ3v) is 4.44. The predicted octanol–water partition coefficient (Wildman–Crippen LogP) is 3.23. The standard InChI is InChI=1S/C21H29N3O4/c1-5-18(23-20(26)28-21(2,3)4)19(25)24-12-10-17(11-13-24)27-16-8-6-15(14-22)7-9-16/h6-9,17-18H,5,10-13H2,1-4H3,(H,23,26)/t18-/m0/s1. The van der Waals surface area contributed by atoms with Crippen LogP contribution in [-0.4, -0.2) is 47.7 Å². The molecule has 0 aliphatic carbocycles. The Kier molecular flexibility index (Phi) is 7.27. The number of nitriles is 1. The number of carbonyl (C=O) groups excluding carboxylic acids is 2. The number of likely N-dealkylation sites (tertiary alicyclic amines) is 1. The maximum Gasteiger partial charge on any atom is 0.408 e. The summed E-state index contributed by atoms with van der Waals surface area (Å²) >= 11 is 0. The van der Waals surface area contributed by atoms with Crippen LogP contribution in [0.1, 0.15) is 52.5 Å². The van der Waals surface area contributed by atoms with E-state index in [1.54, 1.807) is 49.9 Å². The van der Waals surface area contributed by atoms with Crippen LogP contribution in [0.5, 0.6) is 5.75 Å². The van der Waals surface area contributed by atoms with Crippen molar-refractivity contribution in [1.82, 2.24) is 10.2 Å². The average Bonchev–Trinajstić information content (AvgIpc) is 2.65. The molecule has 0 spiro atoms. The maximum absolute atomic E-state index is 12.8. The van der Waals surface area contributed by atoms with Gasteiger partial charge < -0.3 is 19.7 Å². The molecule has 0 saturated carbocycles. The summed E-state index contributed by atoms with van der Waals surface area (Å²) in [4.78, 5) is 26.5. The Balaban J connectivity index is 1.84. The van der Waals surface area contributed by atoms with E-state index in [9.17, 15) is 9.59 Å². The molecule has 0 aromatic heterocycles. The molecule has 0 radical (unpaired) electrons. The number of benzene rings is 1. The zero-order valence-electron chi connectivity index (χ0n) is 17.0. The number of nitrogens with zero attached hydrogens (tertiary/aromatic N) is 2. The lowest BCUT2D eigenvalue weighted by Gasteiger charge is -2.34. The maximum atomic E-state index is 12.8. The number of hydrogen-bond acceptors (Lipinski definition) is 5. The fourth-order valence-corrected chi connectivity index (χ4v) is 3.00. The van der Waals surface area contributed by atoms with Crippen molar-refractivity contribution in [3.05, 3.63) is 29.8 Å². The van der Waals surface area contributed by atoms with Crippen LogP contribution >= 0.6 is 0 Å². The predicted molar refractivity (Wildman–Crippen MR) is 105 cm³/mol.